The molecule has 4 saturated carbocycles. The first kappa shape index (κ1) is 20.0. The normalized spacial score (nSPS) is 49.4. The molecule has 0 heterocycles. The van der Waals surface area contributed by atoms with Crippen LogP contribution in [0.2, 0.25) is 0 Å². The summed E-state index contributed by atoms with van der Waals surface area (Å²) in [6.45, 7) is 9.39. The van der Waals surface area contributed by atoms with E-state index in [1.165, 1.54) is 6.92 Å². The largest absolute Gasteiger partial charge is 0.462 e. The Bertz CT molecular complexity index is 729. The summed E-state index contributed by atoms with van der Waals surface area (Å²) >= 11 is 0. The number of aliphatic hydroxyl groups excluding tert-OH is 3. The zero-order chi connectivity index (χ0) is 20.6. The summed E-state index contributed by atoms with van der Waals surface area (Å²) in [6.07, 6.45) is 0.442. The molecule has 0 aromatic heterocycles. The fourth-order valence-electron chi connectivity index (χ4n) is 7.76. The van der Waals surface area contributed by atoms with Gasteiger partial charge in [-0.25, -0.2) is 0 Å². The fourth-order valence-corrected chi connectivity index (χ4v) is 7.76. The van der Waals surface area contributed by atoms with Crippen LogP contribution in [0.3, 0.4) is 0 Å². The zero-order valence-corrected chi connectivity index (χ0v) is 17.0. The number of hydrogen-bond donors (Lipinski definition) is 3. The predicted octanol–water partition coefficient (Wildman–Crippen LogP) is 1.61. The molecule has 28 heavy (non-hydrogen) atoms. The highest BCUT2D eigenvalue weighted by Crippen LogP contribution is 2.71. The van der Waals surface area contributed by atoms with Gasteiger partial charge < -0.3 is 20.1 Å². The van der Waals surface area contributed by atoms with E-state index in [1.807, 2.05) is 0 Å². The van der Waals surface area contributed by atoms with Gasteiger partial charge in [0.15, 0.2) is 5.78 Å². The van der Waals surface area contributed by atoms with Crippen LogP contribution in [-0.4, -0.2) is 52.0 Å². The quantitative estimate of drug-likeness (QED) is 0.487. The van der Waals surface area contributed by atoms with Gasteiger partial charge in [-0.05, 0) is 42.6 Å². The third-order valence-corrected chi connectivity index (χ3v) is 8.72. The predicted molar refractivity (Wildman–Crippen MR) is 101 cm³/mol. The second-order valence-corrected chi connectivity index (χ2v) is 10.2. The highest BCUT2D eigenvalue weighted by molar-refractivity contribution is 6.04. The molecule has 4 rings (SSSR count). The summed E-state index contributed by atoms with van der Waals surface area (Å²) in [7, 11) is 0. The summed E-state index contributed by atoms with van der Waals surface area (Å²) in [6, 6.07) is 0. The number of carbonyl (C=O) groups excluding carboxylic acids is 2. The lowest BCUT2D eigenvalue weighted by Gasteiger charge is -2.66. The third-order valence-electron chi connectivity index (χ3n) is 8.72. The molecule has 0 aromatic carbocycles. The molecule has 0 aliphatic heterocycles. The number of hydrogen-bond acceptors (Lipinski definition) is 6. The van der Waals surface area contributed by atoms with Gasteiger partial charge in [-0.2, -0.15) is 0 Å². The van der Waals surface area contributed by atoms with Crippen LogP contribution in [0, 0.1) is 34.0 Å². The molecule has 0 amide bonds. The monoisotopic (exact) mass is 392 g/mol. The molecule has 3 N–H and O–H groups in total. The van der Waals surface area contributed by atoms with Crippen LogP contribution in [0.5, 0.6) is 0 Å². The lowest BCUT2D eigenvalue weighted by molar-refractivity contribution is -0.266. The molecular weight excluding hydrogens is 360 g/mol. The van der Waals surface area contributed by atoms with Crippen molar-refractivity contribution in [2.45, 2.75) is 71.2 Å². The van der Waals surface area contributed by atoms with Crippen molar-refractivity contribution in [1.82, 2.24) is 0 Å². The number of rotatable bonds is 2. The van der Waals surface area contributed by atoms with Crippen molar-refractivity contribution in [2.75, 3.05) is 6.61 Å². The van der Waals surface area contributed by atoms with Crippen molar-refractivity contribution in [1.29, 1.82) is 0 Å². The summed E-state index contributed by atoms with van der Waals surface area (Å²) in [4.78, 5) is 25.4. The fraction of sp³-hybridized carbons (Fsp3) is 0.818. The number of carbonyl (C=O) groups is 2. The average molecular weight is 392 g/mol. The Morgan fingerprint density at radius 2 is 1.93 bits per heavy atom. The Morgan fingerprint density at radius 1 is 1.25 bits per heavy atom. The first-order valence-corrected chi connectivity index (χ1v) is 10.4. The van der Waals surface area contributed by atoms with E-state index in [2.05, 4.69) is 20.4 Å². The minimum absolute atomic E-state index is 0.0344. The SMILES string of the molecule is C=C1C(=O)C23C(O)CC4C(C)(C)CCCC4(CO)C2C(OC(C)=O)CC1C3O. The van der Waals surface area contributed by atoms with Gasteiger partial charge in [0.05, 0.1) is 17.6 Å². The van der Waals surface area contributed by atoms with Crippen molar-refractivity contribution >= 4 is 11.8 Å². The van der Waals surface area contributed by atoms with Gasteiger partial charge in [0.1, 0.15) is 6.10 Å². The first-order chi connectivity index (χ1) is 13.0. The molecular formula is C22H32O6. The van der Waals surface area contributed by atoms with Gasteiger partial charge in [0, 0.05) is 30.8 Å². The van der Waals surface area contributed by atoms with E-state index in [9.17, 15) is 24.9 Å². The van der Waals surface area contributed by atoms with E-state index in [0.717, 1.165) is 12.8 Å². The maximum absolute atomic E-state index is 13.4. The number of Topliss-reactive ketones (excluding diaryl/α,β-unsaturated/α-hetero) is 1. The maximum Gasteiger partial charge on any atom is 0.302 e. The highest BCUT2D eigenvalue weighted by Gasteiger charge is 2.77. The van der Waals surface area contributed by atoms with Gasteiger partial charge >= 0.3 is 5.97 Å². The van der Waals surface area contributed by atoms with Gasteiger partial charge in [0.25, 0.3) is 0 Å². The third kappa shape index (κ3) is 2.20. The van der Waals surface area contributed by atoms with Gasteiger partial charge in [-0.3, -0.25) is 9.59 Å². The summed E-state index contributed by atoms with van der Waals surface area (Å²) < 4.78 is 5.71. The van der Waals surface area contributed by atoms with Crippen LogP contribution in [0.1, 0.15) is 52.9 Å². The Balaban J connectivity index is 1.95. The molecule has 2 bridgehead atoms. The van der Waals surface area contributed by atoms with Crippen molar-refractivity contribution < 1.29 is 29.6 Å². The molecule has 4 fully saturated rings. The van der Waals surface area contributed by atoms with Crippen molar-refractivity contribution in [2.24, 2.45) is 34.0 Å². The lowest BCUT2D eigenvalue weighted by atomic mass is 9.39. The molecule has 6 nitrogen and oxygen atoms in total. The van der Waals surface area contributed by atoms with Gasteiger partial charge in [-0.1, -0.05) is 26.8 Å². The topological polar surface area (TPSA) is 104 Å². The van der Waals surface area contributed by atoms with Crippen molar-refractivity contribution in [3.8, 4) is 0 Å². The average Bonchev–Trinajstić information content (AvgIpc) is 2.73. The van der Waals surface area contributed by atoms with Gasteiger partial charge in [0.2, 0.25) is 0 Å². The van der Waals surface area contributed by atoms with Crippen molar-refractivity contribution in [3.05, 3.63) is 12.2 Å². The summed E-state index contributed by atoms with van der Waals surface area (Å²) in [5.74, 6) is -1.94. The number of ketones is 1. The lowest BCUT2D eigenvalue weighted by Crippen LogP contribution is -2.72. The molecule has 4 aliphatic rings. The molecule has 1 spiro atoms. The van der Waals surface area contributed by atoms with E-state index in [4.69, 9.17) is 4.74 Å². The maximum atomic E-state index is 13.4. The highest BCUT2D eigenvalue weighted by atomic mass is 16.5. The van der Waals surface area contributed by atoms with Crippen LogP contribution in [0.25, 0.3) is 0 Å². The molecule has 0 radical (unpaired) electrons. The summed E-state index contributed by atoms with van der Waals surface area (Å²) in [5.41, 5.74) is -1.96. The van der Waals surface area contributed by atoms with Crippen LogP contribution in [0.15, 0.2) is 12.2 Å². The number of esters is 1. The van der Waals surface area contributed by atoms with Gasteiger partial charge in [-0.15, -0.1) is 0 Å². The van der Waals surface area contributed by atoms with Crippen LogP contribution < -0.4 is 0 Å². The Hall–Kier alpha value is -1.24. The number of fused-ring (bicyclic) bond motifs is 3. The second kappa shape index (κ2) is 6.13. The Kier molecular flexibility index (Phi) is 4.39. The van der Waals surface area contributed by atoms with Crippen molar-refractivity contribution in [3.63, 3.8) is 0 Å². The molecule has 8 atom stereocenters. The van der Waals surface area contributed by atoms with Crippen LogP contribution >= 0.6 is 0 Å². The molecule has 0 saturated heterocycles. The molecule has 4 aliphatic carbocycles. The second-order valence-electron chi connectivity index (χ2n) is 10.2. The zero-order valence-electron chi connectivity index (χ0n) is 17.0. The van der Waals surface area contributed by atoms with Crippen LogP contribution in [-0.2, 0) is 14.3 Å². The van der Waals surface area contributed by atoms with E-state index >= 15 is 0 Å². The van der Waals surface area contributed by atoms with E-state index in [-0.39, 0.29) is 23.7 Å². The smallest absolute Gasteiger partial charge is 0.302 e. The van der Waals surface area contributed by atoms with E-state index < -0.39 is 46.9 Å². The van der Waals surface area contributed by atoms with Crippen LogP contribution in [0.4, 0.5) is 0 Å². The Morgan fingerprint density at radius 3 is 2.54 bits per heavy atom. The summed E-state index contributed by atoms with van der Waals surface area (Å²) in [5, 5.41) is 33.3. The van der Waals surface area contributed by atoms with E-state index in [1.54, 1.807) is 0 Å². The molecule has 6 heteroatoms. The minimum atomic E-state index is -1.45. The minimum Gasteiger partial charge on any atom is -0.462 e. The number of aliphatic hydroxyl groups is 3. The number of ether oxygens (including phenoxy) is 1. The standard InChI is InChI=1S/C22H32O6/c1-11-13-8-14(28-12(2)24)17-21(10-23)7-5-6-20(3,4)15(21)9-16(25)22(17,18(11)26)19(13)27/h13-17,19,23,25,27H,1,5-10H2,2-4H3. The Labute approximate surface area is 166 Å². The molecule has 0 aromatic rings. The first-order valence-electron chi connectivity index (χ1n) is 10.4. The molecule has 156 valence electrons. The molecule has 8 unspecified atom stereocenters. The van der Waals surface area contributed by atoms with E-state index in [0.29, 0.717) is 24.8 Å².